The van der Waals surface area contributed by atoms with E-state index in [1.807, 2.05) is 44.2 Å². The highest BCUT2D eigenvalue weighted by Crippen LogP contribution is 2.24. The van der Waals surface area contributed by atoms with Gasteiger partial charge in [-0.05, 0) is 41.4 Å². The summed E-state index contributed by atoms with van der Waals surface area (Å²) in [4.78, 5) is 16.4. The Morgan fingerprint density at radius 2 is 2.26 bits per heavy atom. The number of carbonyl (C=O) groups is 1. The molecule has 1 amide bonds. The van der Waals surface area contributed by atoms with E-state index in [0.717, 1.165) is 33.1 Å². The fourth-order valence-electron chi connectivity index (χ4n) is 1.85. The molecule has 4 heteroatoms. The molecule has 0 unspecified atom stereocenters. The minimum atomic E-state index is -0.0842. The van der Waals surface area contributed by atoms with E-state index in [1.165, 1.54) is 0 Å². The van der Waals surface area contributed by atoms with Crippen molar-refractivity contribution in [2.75, 3.05) is 5.32 Å². The first-order valence-electron chi connectivity index (χ1n) is 6.14. The van der Waals surface area contributed by atoms with Crippen molar-refractivity contribution in [3.8, 4) is 0 Å². The molecular formula is C15H15BrN2O. The molecule has 1 aromatic carbocycles. The van der Waals surface area contributed by atoms with Crippen LogP contribution in [0.5, 0.6) is 0 Å². The maximum absolute atomic E-state index is 12.0. The maximum Gasteiger partial charge on any atom is 0.251 e. The molecule has 2 rings (SSSR count). The zero-order valence-corrected chi connectivity index (χ0v) is 12.5. The Morgan fingerprint density at radius 3 is 3.00 bits per heavy atom. The van der Waals surface area contributed by atoms with Crippen molar-refractivity contribution in [2.24, 2.45) is 0 Å². The van der Waals surface area contributed by atoms with Gasteiger partial charge in [0.2, 0.25) is 0 Å². The number of anilines is 1. The Labute approximate surface area is 120 Å². The van der Waals surface area contributed by atoms with E-state index in [4.69, 9.17) is 0 Å². The van der Waals surface area contributed by atoms with Crippen LogP contribution in [0.3, 0.4) is 0 Å². The number of pyridine rings is 1. The molecule has 0 bridgehead atoms. The van der Waals surface area contributed by atoms with E-state index in [9.17, 15) is 4.79 Å². The number of allylic oxidation sites excluding steroid dienone is 1. The van der Waals surface area contributed by atoms with E-state index in [0.29, 0.717) is 0 Å². The van der Waals surface area contributed by atoms with Crippen LogP contribution in [0.1, 0.15) is 20.3 Å². The van der Waals surface area contributed by atoms with Gasteiger partial charge in [-0.1, -0.05) is 25.1 Å². The summed E-state index contributed by atoms with van der Waals surface area (Å²) in [5.74, 6) is -0.0842. The number of aromatic nitrogens is 1. The van der Waals surface area contributed by atoms with Crippen LogP contribution in [-0.2, 0) is 4.79 Å². The summed E-state index contributed by atoms with van der Waals surface area (Å²) >= 11 is 3.39. The molecule has 1 N–H and O–H groups in total. The third-order valence-electron chi connectivity index (χ3n) is 2.79. The summed E-state index contributed by atoms with van der Waals surface area (Å²) in [6, 6.07) is 7.72. The Kier molecular flexibility index (Phi) is 4.32. The monoisotopic (exact) mass is 318 g/mol. The molecule has 0 saturated carbocycles. The van der Waals surface area contributed by atoms with Crippen molar-refractivity contribution in [1.29, 1.82) is 0 Å². The zero-order valence-electron chi connectivity index (χ0n) is 10.9. The number of rotatable bonds is 3. The number of nitrogens with one attached hydrogen (secondary N) is 1. The third kappa shape index (κ3) is 3.20. The van der Waals surface area contributed by atoms with Gasteiger partial charge in [-0.15, -0.1) is 0 Å². The molecule has 2 aromatic rings. The van der Waals surface area contributed by atoms with Crippen molar-refractivity contribution >= 4 is 38.4 Å². The largest absolute Gasteiger partial charge is 0.320 e. The quantitative estimate of drug-likeness (QED) is 0.858. The van der Waals surface area contributed by atoms with Gasteiger partial charge in [0.15, 0.2) is 0 Å². The van der Waals surface area contributed by atoms with Gasteiger partial charge in [-0.3, -0.25) is 9.78 Å². The highest BCUT2D eigenvalue weighted by Gasteiger charge is 2.08. The van der Waals surface area contributed by atoms with E-state index < -0.39 is 0 Å². The predicted molar refractivity (Wildman–Crippen MR) is 82.1 cm³/mol. The van der Waals surface area contributed by atoms with E-state index in [1.54, 1.807) is 6.20 Å². The Morgan fingerprint density at radius 1 is 1.47 bits per heavy atom. The second-order valence-electron chi connectivity index (χ2n) is 4.28. The van der Waals surface area contributed by atoms with Crippen LogP contribution < -0.4 is 5.32 Å². The van der Waals surface area contributed by atoms with Crippen LogP contribution in [0, 0.1) is 0 Å². The van der Waals surface area contributed by atoms with E-state index in [2.05, 4.69) is 26.2 Å². The Balaban J connectivity index is 2.36. The number of hydrogen-bond acceptors (Lipinski definition) is 2. The molecule has 0 radical (unpaired) electrons. The second kappa shape index (κ2) is 5.97. The standard InChI is InChI=1S/C15H15BrN2O/c1-3-5-10(2)15(19)18-13-7-4-6-11-8-12(16)9-17-14(11)13/h4-9H,3H2,1-2H3,(H,18,19)/b10-5-. The first-order valence-corrected chi connectivity index (χ1v) is 6.93. The van der Waals surface area contributed by atoms with Crippen molar-refractivity contribution < 1.29 is 4.79 Å². The molecular weight excluding hydrogens is 304 g/mol. The lowest BCUT2D eigenvalue weighted by atomic mass is 10.1. The van der Waals surface area contributed by atoms with Gasteiger partial charge in [0, 0.05) is 21.6 Å². The average molecular weight is 319 g/mol. The molecule has 0 saturated heterocycles. The summed E-state index contributed by atoms with van der Waals surface area (Å²) in [7, 11) is 0. The predicted octanol–water partition coefficient (Wildman–Crippen LogP) is 4.29. The number of para-hydroxylation sites is 1. The number of benzene rings is 1. The Hall–Kier alpha value is -1.68. The van der Waals surface area contributed by atoms with Gasteiger partial charge < -0.3 is 5.32 Å². The number of halogens is 1. The lowest BCUT2D eigenvalue weighted by molar-refractivity contribution is -0.112. The molecule has 3 nitrogen and oxygen atoms in total. The van der Waals surface area contributed by atoms with Crippen molar-refractivity contribution in [3.05, 3.63) is 46.6 Å². The van der Waals surface area contributed by atoms with E-state index >= 15 is 0 Å². The summed E-state index contributed by atoms with van der Waals surface area (Å²) in [6.07, 6.45) is 4.48. The SMILES string of the molecule is CC/C=C(/C)C(=O)Nc1cccc2cc(Br)cnc12. The topological polar surface area (TPSA) is 42.0 Å². The first-order chi connectivity index (χ1) is 9.11. The lowest BCUT2D eigenvalue weighted by Crippen LogP contribution is -2.13. The van der Waals surface area contributed by atoms with Gasteiger partial charge in [-0.25, -0.2) is 0 Å². The molecule has 0 fully saturated rings. The van der Waals surface area contributed by atoms with Crippen molar-refractivity contribution in [3.63, 3.8) is 0 Å². The minimum absolute atomic E-state index is 0.0842. The summed E-state index contributed by atoms with van der Waals surface area (Å²) in [5, 5.41) is 3.89. The molecule has 1 heterocycles. The van der Waals surface area contributed by atoms with Gasteiger partial charge in [0.25, 0.3) is 5.91 Å². The van der Waals surface area contributed by atoms with Crippen LogP contribution in [0.15, 0.2) is 46.6 Å². The summed E-state index contributed by atoms with van der Waals surface area (Å²) < 4.78 is 0.922. The zero-order chi connectivity index (χ0) is 13.8. The van der Waals surface area contributed by atoms with Crippen LogP contribution in [-0.4, -0.2) is 10.9 Å². The van der Waals surface area contributed by atoms with Crippen molar-refractivity contribution in [2.45, 2.75) is 20.3 Å². The number of carbonyl (C=O) groups excluding carboxylic acids is 1. The first kappa shape index (κ1) is 13.7. The number of nitrogens with zero attached hydrogens (tertiary/aromatic N) is 1. The molecule has 19 heavy (non-hydrogen) atoms. The fraction of sp³-hybridized carbons (Fsp3) is 0.200. The van der Waals surface area contributed by atoms with E-state index in [-0.39, 0.29) is 5.91 Å². The highest BCUT2D eigenvalue weighted by atomic mass is 79.9. The summed E-state index contributed by atoms with van der Waals surface area (Å²) in [5.41, 5.74) is 2.25. The minimum Gasteiger partial charge on any atom is -0.320 e. The van der Waals surface area contributed by atoms with Crippen molar-refractivity contribution in [1.82, 2.24) is 4.98 Å². The Bertz CT molecular complexity index is 650. The van der Waals surface area contributed by atoms with Crippen LogP contribution in [0.4, 0.5) is 5.69 Å². The molecule has 0 aliphatic heterocycles. The van der Waals surface area contributed by atoms with Crippen LogP contribution in [0.25, 0.3) is 10.9 Å². The number of amides is 1. The smallest absolute Gasteiger partial charge is 0.251 e. The molecule has 0 aliphatic rings. The lowest BCUT2D eigenvalue weighted by Gasteiger charge is -2.08. The third-order valence-corrected chi connectivity index (χ3v) is 3.23. The normalized spacial score (nSPS) is 11.6. The molecule has 0 aliphatic carbocycles. The van der Waals surface area contributed by atoms with Crippen LogP contribution >= 0.6 is 15.9 Å². The van der Waals surface area contributed by atoms with Gasteiger partial charge in [0.05, 0.1) is 11.2 Å². The van der Waals surface area contributed by atoms with Gasteiger partial charge in [0.1, 0.15) is 0 Å². The molecule has 0 atom stereocenters. The molecule has 1 aromatic heterocycles. The molecule has 98 valence electrons. The average Bonchev–Trinajstić information content (AvgIpc) is 2.38. The molecule has 0 spiro atoms. The fourth-order valence-corrected chi connectivity index (χ4v) is 2.20. The van der Waals surface area contributed by atoms with Gasteiger partial charge in [-0.2, -0.15) is 0 Å². The summed E-state index contributed by atoms with van der Waals surface area (Å²) in [6.45, 7) is 3.82. The second-order valence-corrected chi connectivity index (χ2v) is 5.20. The van der Waals surface area contributed by atoms with Gasteiger partial charge >= 0.3 is 0 Å². The highest BCUT2D eigenvalue weighted by molar-refractivity contribution is 9.10. The number of hydrogen-bond donors (Lipinski definition) is 1. The number of fused-ring (bicyclic) bond motifs is 1. The van der Waals surface area contributed by atoms with Crippen LogP contribution in [0.2, 0.25) is 0 Å². The maximum atomic E-state index is 12.0.